The van der Waals surface area contributed by atoms with Crippen LogP contribution in [0.15, 0.2) is 79.0 Å². The van der Waals surface area contributed by atoms with E-state index >= 15 is 0 Å². The fourth-order valence-corrected chi connectivity index (χ4v) is 7.00. The Hall–Kier alpha value is -4.69. The van der Waals surface area contributed by atoms with Gasteiger partial charge in [-0.2, -0.15) is 0 Å². The van der Waals surface area contributed by atoms with Gasteiger partial charge in [-0.3, -0.25) is 19.5 Å². The number of benzene rings is 3. The number of hydrogen-bond acceptors (Lipinski definition) is 5. The highest BCUT2D eigenvalue weighted by atomic mass is 16.2. The number of aryl methyl sites for hydroxylation is 2. The zero-order chi connectivity index (χ0) is 31.5. The highest BCUT2D eigenvalue weighted by Crippen LogP contribution is 2.33. The van der Waals surface area contributed by atoms with Gasteiger partial charge in [-0.05, 0) is 98.7 Å². The van der Waals surface area contributed by atoms with Gasteiger partial charge in [0, 0.05) is 78.3 Å². The van der Waals surface area contributed by atoms with Gasteiger partial charge in [0.2, 0.25) is 5.91 Å². The summed E-state index contributed by atoms with van der Waals surface area (Å²) in [5, 5.41) is 12.2. The van der Waals surface area contributed by atoms with Gasteiger partial charge < -0.3 is 20.5 Å². The first-order valence-corrected chi connectivity index (χ1v) is 16.6. The fraction of sp³-hybridized carbons (Fsp3) is 0.342. The molecule has 1 saturated heterocycles. The quantitative estimate of drug-likeness (QED) is 0.161. The minimum atomic E-state index is -0.122. The number of pyridine rings is 1. The van der Waals surface area contributed by atoms with Crippen LogP contribution in [0.2, 0.25) is 0 Å². The summed E-state index contributed by atoms with van der Waals surface area (Å²) >= 11 is 0. The molecule has 1 aliphatic carbocycles. The zero-order valence-corrected chi connectivity index (χ0v) is 26.5. The summed E-state index contributed by atoms with van der Waals surface area (Å²) in [6.45, 7) is 3.89. The third kappa shape index (κ3) is 6.49. The highest BCUT2D eigenvalue weighted by Gasteiger charge is 2.28. The molecule has 2 aliphatic rings. The van der Waals surface area contributed by atoms with Crippen molar-refractivity contribution in [2.45, 2.75) is 45.1 Å². The second-order valence-electron chi connectivity index (χ2n) is 12.8. The summed E-state index contributed by atoms with van der Waals surface area (Å²) in [5.74, 6) is 0.0366. The molecule has 5 aromatic rings. The Morgan fingerprint density at radius 3 is 2.70 bits per heavy atom. The average molecular weight is 615 g/mol. The van der Waals surface area contributed by atoms with E-state index in [0.29, 0.717) is 12.1 Å². The van der Waals surface area contributed by atoms with Gasteiger partial charge in [0.25, 0.3) is 5.91 Å². The molecule has 0 bridgehead atoms. The number of carbonyl (C=O) groups excluding carboxylic acids is 2. The first-order chi connectivity index (χ1) is 22.5. The van der Waals surface area contributed by atoms with Gasteiger partial charge >= 0.3 is 0 Å². The number of amides is 2. The van der Waals surface area contributed by atoms with Crippen molar-refractivity contribution in [2.24, 2.45) is 13.0 Å². The lowest BCUT2D eigenvalue weighted by Crippen LogP contribution is -2.33. The van der Waals surface area contributed by atoms with Gasteiger partial charge in [-0.25, -0.2) is 0 Å². The third-order valence-electron chi connectivity index (χ3n) is 9.53. The van der Waals surface area contributed by atoms with Crippen molar-refractivity contribution in [3.05, 3.63) is 101 Å². The standard InChI is InChI=1S/C38H42N6O2/c1-43-21-17-28-23-30(15-16-35(28)43)41-38(46)27-13-11-26(12-14-27)24-44-22-18-29(25-44)37(45)40-20-6-19-39-36-31-7-2-4-9-33(31)42-34-10-5-3-8-32(34)36/h2,4,7,9,11-17,21,23,29H,3,5-6,8,10,18-20,22,24-25H2,1H3,(H,39,42)(H,40,45)(H,41,46). The van der Waals surface area contributed by atoms with E-state index in [1.54, 1.807) is 0 Å². The highest BCUT2D eigenvalue weighted by molar-refractivity contribution is 6.05. The lowest BCUT2D eigenvalue weighted by molar-refractivity contribution is -0.124. The maximum atomic E-state index is 13.0. The van der Waals surface area contributed by atoms with Gasteiger partial charge in [-0.1, -0.05) is 30.3 Å². The van der Waals surface area contributed by atoms with E-state index in [9.17, 15) is 9.59 Å². The molecular weight excluding hydrogens is 572 g/mol. The Labute approximate surface area is 270 Å². The minimum Gasteiger partial charge on any atom is -0.384 e. The van der Waals surface area contributed by atoms with Crippen LogP contribution < -0.4 is 16.0 Å². The summed E-state index contributed by atoms with van der Waals surface area (Å²) in [6.07, 6.45) is 8.31. The lowest BCUT2D eigenvalue weighted by Gasteiger charge is -2.21. The van der Waals surface area contributed by atoms with Crippen LogP contribution in [-0.4, -0.2) is 52.4 Å². The number of para-hydroxylation sites is 1. The Morgan fingerprint density at radius 1 is 0.957 bits per heavy atom. The summed E-state index contributed by atoms with van der Waals surface area (Å²) in [5.41, 5.74) is 8.59. The van der Waals surface area contributed by atoms with E-state index < -0.39 is 0 Å². The molecule has 0 radical (unpaired) electrons. The molecule has 1 atom stereocenters. The molecule has 3 N–H and O–H groups in total. The molecule has 1 fully saturated rings. The van der Waals surface area contributed by atoms with Gasteiger partial charge in [0.15, 0.2) is 0 Å². The van der Waals surface area contributed by atoms with Crippen LogP contribution in [0.25, 0.3) is 21.8 Å². The largest absolute Gasteiger partial charge is 0.384 e. The van der Waals surface area contributed by atoms with Crippen LogP contribution >= 0.6 is 0 Å². The molecule has 0 spiro atoms. The predicted molar refractivity (Wildman–Crippen MR) is 185 cm³/mol. The molecule has 2 amide bonds. The van der Waals surface area contributed by atoms with Crippen molar-refractivity contribution in [1.29, 1.82) is 0 Å². The maximum absolute atomic E-state index is 13.0. The average Bonchev–Trinajstić information content (AvgIpc) is 3.70. The number of fused-ring (bicyclic) bond motifs is 3. The second kappa shape index (κ2) is 13.3. The molecule has 8 heteroatoms. The minimum absolute atomic E-state index is 0.0103. The first-order valence-electron chi connectivity index (χ1n) is 16.6. The number of rotatable bonds is 10. The Kier molecular flexibility index (Phi) is 8.70. The van der Waals surface area contributed by atoms with E-state index in [2.05, 4.69) is 49.7 Å². The van der Waals surface area contributed by atoms with Crippen molar-refractivity contribution in [3.63, 3.8) is 0 Å². The summed E-state index contributed by atoms with van der Waals surface area (Å²) < 4.78 is 2.06. The number of aromatic nitrogens is 2. The molecule has 8 nitrogen and oxygen atoms in total. The van der Waals surface area contributed by atoms with Gasteiger partial charge in [0.1, 0.15) is 0 Å². The lowest BCUT2D eigenvalue weighted by atomic mass is 9.92. The van der Waals surface area contributed by atoms with Crippen LogP contribution in [0.5, 0.6) is 0 Å². The molecule has 3 heterocycles. The van der Waals surface area contributed by atoms with Crippen molar-refractivity contribution in [2.75, 3.05) is 36.8 Å². The van der Waals surface area contributed by atoms with Crippen LogP contribution in [0.3, 0.4) is 0 Å². The number of nitrogens with one attached hydrogen (secondary N) is 3. The molecular formula is C38H42N6O2. The zero-order valence-electron chi connectivity index (χ0n) is 26.5. The molecule has 236 valence electrons. The molecule has 46 heavy (non-hydrogen) atoms. The number of anilines is 2. The smallest absolute Gasteiger partial charge is 0.255 e. The Bertz CT molecular complexity index is 1880. The summed E-state index contributed by atoms with van der Waals surface area (Å²) in [4.78, 5) is 33.1. The van der Waals surface area contributed by atoms with E-state index in [1.807, 2.05) is 61.8 Å². The van der Waals surface area contributed by atoms with Crippen LogP contribution in [0.4, 0.5) is 11.4 Å². The number of nitrogens with zero attached hydrogens (tertiary/aromatic N) is 3. The van der Waals surface area contributed by atoms with Crippen molar-refractivity contribution < 1.29 is 9.59 Å². The van der Waals surface area contributed by atoms with Crippen LogP contribution in [-0.2, 0) is 31.2 Å². The molecule has 1 unspecified atom stereocenters. The Balaban J connectivity index is 0.854. The monoisotopic (exact) mass is 614 g/mol. The normalized spacial score (nSPS) is 16.4. The number of carbonyl (C=O) groups is 2. The van der Waals surface area contributed by atoms with Gasteiger partial charge in [0.05, 0.1) is 11.4 Å². The van der Waals surface area contributed by atoms with Crippen LogP contribution in [0.1, 0.15) is 52.9 Å². The Morgan fingerprint density at radius 2 is 1.80 bits per heavy atom. The number of likely N-dealkylation sites (tertiary alicyclic amines) is 1. The molecule has 0 saturated carbocycles. The summed E-state index contributed by atoms with van der Waals surface area (Å²) in [6, 6.07) is 24.2. The van der Waals surface area contributed by atoms with E-state index in [1.165, 1.54) is 35.2 Å². The molecule has 2 aromatic heterocycles. The topological polar surface area (TPSA) is 91.3 Å². The maximum Gasteiger partial charge on any atom is 0.255 e. The molecule has 1 aliphatic heterocycles. The molecule has 3 aromatic carbocycles. The fourth-order valence-electron chi connectivity index (χ4n) is 7.00. The SMILES string of the molecule is Cn1ccc2cc(NC(=O)c3ccc(CN4CCC(C(=O)NCCCNc5c6c(nc7ccccc57)CCCC6)C4)cc3)ccc21. The second-order valence-corrected chi connectivity index (χ2v) is 12.8. The van der Waals surface area contributed by atoms with Crippen molar-refractivity contribution >= 4 is 45.0 Å². The van der Waals surface area contributed by atoms with E-state index in [0.717, 1.165) is 79.5 Å². The third-order valence-corrected chi connectivity index (χ3v) is 9.53. The number of hydrogen-bond donors (Lipinski definition) is 3. The molecule has 7 rings (SSSR count). The van der Waals surface area contributed by atoms with E-state index in [4.69, 9.17) is 4.98 Å². The predicted octanol–water partition coefficient (Wildman–Crippen LogP) is 6.30. The van der Waals surface area contributed by atoms with Crippen LogP contribution in [0, 0.1) is 5.92 Å². The van der Waals surface area contributed by atoms with Crippen molar-refractivity contribution in [1.82, 2.24) is 19.8 Å². The first kappa shape index (κ1) is 30.0. The van der Waals surface area contributed by atoms with E-state index in [-0.39, 0.29) is 17.7 Å². The van der Waals surface area contributed by atoms with Gasteiger partial charge in [-0.15, -0.1) is 0 Å². The van der Waals surface area contributed by atoms with Crippen molar-refractivity contribution in [3.8, 4) is 0 Å². The summed E-state index contributed by atoms with van der Waals surface area (Å²) in [7, 11) is 2.01.